The van der Waals surface area contributed by atoms with Gasteiger partial charge in [-0.05, 0) is 103 Å². The molecule has 1 N–H and O–H groups in total. The summed E-state index contributed by atoms with van der Waals surface area (Å²) in [5.41, 5.74) is 2.79. The Morgan fingerprint density at radius 2 is 1.54 bits per heavy atom. The molecule has 6 unspecified atom stereocenters. The van der Waals surface area contributed by atoms with Crippen molar-refractivity contribution in [2.45, 2.75) is 32.6 Å². The number of carbonyl (C=O) groups is 5. The molecule has 0 spiro atoms. The number of rotatable bonds is 6. The first-order valence-corrected chi connectivity index (χ1v) is 22.2. The highest BCUT2D eigenvalue weighted by atomic mass is 35.5. The molecule has 12 heteroatoms. The Hall–Kier alpha value is -6.69. The Labute approximate surface area is 371 Å². The minimum atomic E-state index is -1.39. The van der Waals surface area contributed by atoms with E-state index in [1.807, 2.05) is 74.5 Å². The van der Waals surface area contributed by atoms with E-state index in [0.29, 0.717) is 38.9 Å². The number of aromatic hydroxyl groups is 1. The lowest BCUT2D eigenvalue weighted by Gasteiger charge is -2.49. The molecule has 5 aromatic carbocycles. The van der Waals surface area contributed by atoms with Crippen molar-refractivity contribution in [2.24, 2.45) is 36.1 Å². The fourth-order valence-electron chi connectivity index (χ4n) is 11.1. The van der Waals surface area contributed by atoms with Crippen LogP contribution in [0.15, 0.2) is 127 Å². The van der Waals surface area contributed by atoms with Crippen molar-refractivity contribution in [3.63, 3.8) is 0 Å². The first kappa shape index (κ1) is 39.2. The SMILES string of the molecule is Cc1c(-c2cc(N3C(=O)C4CC5C(=CCC6C(=O)N(c7ccc(C(=O)c8ccccc8)cc7)C(=O)C65)C(c5c(O)ccc6ccccc56)C4(C)C3=O)n(C)n2)sc2ccc(Cl)cc12. The number of aromatic nitrogens is 2. The fourth-order valence-corrected chi connectivity index (χ4v) is 12.4. The van der Waals surface area contributed by atoms with Gasteiger partial charge in [0.1, 0.15) is 17.3 Å². The zero-order chi connectivity index (χ0) is 43.6. The molecule has 11 rings (SSSR count). The maximum Gasteiger partial charge on any atom is 0.242 e. The molecule has 4 amide bonds. The molecule has 2 aliphatic carbocycles. The van der Waals surface area contributed by atoms with Crippen LogP contribution in [0.3, 0.4) is 0 Å². The Balaban J connectivity index is 1.01. The number of nitrogens with zero attached hydrogens (tertiary/aromatic N) is 4. The van der Waals surface area contributed by atoms with Gasteiger partial charge < -0.3 is 5.11 Å². The number of hydrogen-bond donors (Lipinski definition) is 1. The quantitative estimate of drug-likeness (QED) is 0.100. The van der Waals surface area contributed by atoms with Gasteiger partial charge in [-0.15, -0.1) is 11.3 Å². The van der Waals surface area contributed by atoms with Crippen molar-refractivity contribution in [3.05, 3.63) is 154 Å². The molecule has 0 bridgehead atoms. The van der Waals surface area contributed by atoms with Crippen molar-refractivity contribution >= 4 is 84.7 Å². The van der Waals surface area contributed by atoms with Gasteiger partial charge in [0.05, 0.1) is 33.7 Å². The molecule has 2 aromatic heterocycles. The second-order valence-corrected chi connectivity index (χ2v) is 18.8. The smallest absolute Gasteiger partial charge is 0.242 e. The minimum Gasteiger partial charge on any atom is -0.508 e. The van der Waals surface area contributed by atoms with Crippen LogP contribution in [0.5, 0.6) is 5.75 Å². The van der Waals surface area contributed by atoms with Crippen LogP contribution < -0.4 is 9.80 Å². The van der Waals surface area contributed by atoms with Crippen LogP contribution >= 0.6 is 22.9 Å². The number of phenols is 1. The summed E-state index contributed by atoms with van der Waals surface area (Å²) < 4.78 is 2.59. The highest BCUT2D eigenvalue weighted by Gasteiger charge is 2.68. The zero-order valence-electron chi connectivity index (χ0n) is 34.4. The molecule has 0 radical (unpaired) electrons. The monoisotopic (exact) mass is 870 g/mol. The van der Waals surface area contributed by atoms with Crippen LogP contribution in [-0.4, -0.2) is 44.3 Å². The van der Waals surface area contributed by atoms with E-state index in [1.165, 1.54) is 9.80 Å². The number of benzene rings is 5. The molecule has 10 nitrogen and oxygen atoms in total. The number of ketones is 1. The zero-order valence-corrected chi connectivity index (χ0v) is 36.0. The standard InChI is InChI=1S/C51H39ClN4O6S/c1-26-35-23-30(52)16-22-40(35)63-46(26)38-25-41(54(3)53-38)56-48(60)37-24-36-33(44(51(37,2)50(56)62)43-32-12-8-7-9-27(32)15-21-39(43)57)19-20-34-42(36)49(61)55(47(34)59)31-17-13-29(14-18-31)45(58)28-10-5-4-6-11-28/h4-19,21-23,25,34,36-37,42,44,57H,20,24H2,1-3H3. The van der Waals surface area contributed by atoms with Gasteiger partial charge in [0.15, 0.2) is 5.78 Å². The Morgan fingerprint density at radius 1 is 0.810 bits per heavy atom. The summed E-state index contributed by atoms with van der Waals surface area (Å²) in [7, 11) is 1.71. The predicted molar refractivity (Wildman–Crippen MR) is 243 cm³/mol. The Kier molecular flexibility index (Phi) is 8.81. The van der Waals surface area contributed by atoms with Crippen molar-refractivity contribution in [1.82, 2.24) is 9.78 Å². The van der Waals surface area contributed by atoms with Crippen LogP contribution in [-0.2, 0) is 26.2 Å². The summed E-state index contributed by atoms with van der Waals surface area (Å²) in [5.74, 6) is -5.34. The second kappa shape index (κ2) is 14.2. The first-order valence-electron chi connectivity index (χ1n) is 21.0. The molecule has 6 atom stereocenters. The number of imide groups is 2. The van der Waals surface area contributed by atoms with Gasteiger partial charge in [-0.3, -0.25) is 33.6 Å². The number of fused-ring (bicyclic) bond motifs is 6. The molecule has 1 saturated carbocycles. The number of aryl methyl sites for hydroxylation is 2. The second-order valence-electron chi connectivity index (χ2n) is 17.3. The Bertz CT molecular complexity index is 3190. The molecule has 2 saturated heterocycles. The topological polar surface area (TPSA) is 130 Å². The van der Waals surface area contributed by atoms with Gasteiger partial charge >= 0.3 is 0 Å². The lowest BCUT2D eigenvalue weighted by atomic mass is 9.51. The third kappa shape index (κ3) is 5.62. The van der Waals surface area contributed by atoms with Crippen molar-refractivity contribution in [2.75, 3.05) is 9.80 Å². The van der Waals surface area contributed by atoms with Crippen molar-refractivity contribution in [3.8, 4) is 16.3 Å². The third-order valence-electron chi connectivity index (χ3n) is 14.1. The van der Waals surface area contributed by atoms with E-state index >= 15 is 9.59 Å². The van der Waals surface area contributed by atoms with Crippen molar-refractivity contribution < 1.29 is 29.1 Å². The largest absolute Gasteiger partial charge is 0.508 e. The van der Waals surface area contributed by atoms with Crippen LogP contribution in [0.2, 0.25) is 5.02 Å². The lowest BCUT2D eigenvalue weighted by Crippen LogP contribution is -2.49. The number of phenolic OH excluding ortho intramolecular Hbond substituents is 1. The van der Waals surface area contributed by atoms with E-state index in [9.17, 15) is 19.5 Å². The number of amides is 4. The number of carbonyl (C=O) groups excluding carboxylic acids is 5. The summed E-state index contributed by atoms with van der Waals surface area (Å²) in [5, 5.41) is 19.9. The molecule has 3 fully saturated rings. The van der Waals surface area contributed by atoms with E-state index in [0.717, 1.165) is 36.9 Å². The van der Waals surface area contributed by atoms with E-state index < -0.39 is 52.7 Å². The van der Waals surface area contributed by atoms with Gasteiger partial charge in [-0.25, -0.2) is 4.90 Å². The van der Waals surface area contributed by atoms with E-state index in [1.54, 1.807) is 83.7 Å². The summed E-state index contributed by atoms with van der Waals surface area (Å²) in [4.78, 5) is 76.4. The average molecular weight is 871 g/mol. The highest BCUT2D eigenvalue weighted by molar-refractivity contribution is 7.22. The van der Waals surface area contributed by atoms with E-state index in [2.05, 4.69) is 0 Å². The van der Waals surface area contributed by atoms with E-state index in [-0.39, 0.29) is 30.3 Å². The Morgan fingerprint density at radius 3 is 2.32 bits per heavy atom. The van der Waals surface area contributed by atoms with Gasteiger partial charge in [0.2, 0.25) is 23.6 Å². The molecule has 2 aliphatic heterocycles. The number of allylic oxidation sites excluding steroid dienone is 2. The first-order chi connectivity index (χ1) is 30.4. The number of hydrogen-bond acceptors (Lipinski definition) is 8. The maximum atomic E-state index is 15.5. The van der Waals surface area contributed by atoms with Crippen LogP contribution in [0.1, 0.15) is 52.7 Å². The van der Waals surface area contributed by atoms with Crippen molar-refractivity contribution in [1.29, 1.82) is 0 Å². The molecule has 4 heterocycles. The summed E-state index contributed by atoms with van der Waals surface area (Å²) in [6.45, 7) is 3.82. The number of anilines is 2. The number of halogens is 1. The van der Waals surface area contributed by atoms with Gasteiger partial charge in [0.25, 0.3) is 0 Å². The molecule has 63 heavy (non-hydrogen) atoms. The minimum absolute atomic E-state index is 0.0233. The molecule has 7 aromatic rings. The lowest BCUT2D eigenvalue weighted by molar-refractivity contribution is -0.131. The normalized spacial score (nSPS) is 24.3. The van der Waals surface area contributed by atoms with Crippen LogP contribution in [0, 0.1) is 36.0 Å². The summed E-state index contributed by atoms with van der Waals surface area (Å²) in [6.07, 6.45) is 2.36. The molecular weight excluding hydrogens is 832 g/mol. The highest BCUT2D eigenvalue weighted by Crippen LogP contribution is 2.65. The average Bonchev–Trinajstić information content (AvgIpc) is 3.97. The summed E-state index contributed by atoms with van der Waals surface area (Å²) >= 11 is 7.91. The predicted octanol–water partition coefficient (Wildman–Crippen LogP) is 9.79. The molecule has 4 aliphatic rings. The van der Waals surface area contributed by atoms with Crippen LogP contribution in [0.25, 0.3) is 31.4 Å². The van der Waals surface area contributed by atoms with Gasteiger partial charge in [-0.2, -0.15) is 5.10 Å². The maximum absolute atomic E-state index is 15.5. The third-order valence-corrected chi connectivity index (χ3v) is 15.7. The van der Waals surface area contributed by atoms with Gasteiger partial charge in [-0.1, -0.05) is 83.9 Å². The van der Waals surface area contributed by atoms with Crippen LogP contribution in [0.4, 0.5) is 11.5 Å². The van der Waals surface area contributed by atoms with E-state index in [4.69, 9.17) is 16.7 Å². The number of thiophene rings is 1. The molecular formula is C51H39ClN4O6S. The molecule has 312 valence electrons. The summed E-state index contributed by atoms with van der Waals surface area (Å²) in [6, 6.07) is 34.0. The van der Waals surface area contributed by atoms with Gasteiger partial charge in [0, 0.05) is 45.4 Å². The fraction of sp³-hybridized carbons (Fsp3) is 0.216.